The van der Waals surface area contributed by atoms with Crippen LogP contribution in [-0.4, -0.2) is 15.0 Å². The predicted molar refractivity (Wildman–Crippen MR) is 237 cm³/mol. The highest BCUT2D eigenvalue weighted by Gasteiger charge is 2.35. The van der Waals surface area contributed by atoms with Gasteiger partial charge in [-0.25, -0.2) is 15.0 Å². The van der Waals surface area contributed by atoms with Crippen molar-refractivity contribution in [3.05, 3.63) is 199 Å². The fourth-order valence-corrected chi connectivity index (χ4v) is 8.98. The van der Waals surface area contributed by atoms with Crippen molar-refractivity contribution in [1.29, 1.82) is 0 Å². The van der Waals surface area contributed by atoms with E-state index in [-0.39, 0.29) is 5.41 Å². The Balaban J connectivity index is 1.03. The SMILES string of the molecule is CC1(C)c2ccccc2-c2ccc(-c3ccc4c5cc(-c6cccc(-c7nc(-c8ccccc8)nc(-c8ccccc8)n7)c6)ccc5c5ccccc5c4c3)cc21. The van der Waals surface area contributed by atoms with E-state index in [1.165, 1.54) is 65.7 Å². The second-order valence-corrected chi connectivity index (χ2v) is 15.6. The van der Waals surface area contributed by atoms with E-state index in [1.807, 2.05) is 60.7 Å². The van der Waals surface area contributed by atoms with Crippen LogP contribution in [0.4, 0.5) is 0 Å². The molecule has 0 saturated carbocycles. The Labute approximate surface area is 332 Å². The summed E-state index contributed by atoms with van der Waals surface area (Å²) in [5, 5.41) is 7.52. The summed E-state index contributed by atoms with van der Waals surface area (Å²) in [6.07, 6.45) is 0. The van der Waals surface area contributed by atoms with Crippen LogP contribution in [0.2, 0.25) is 0 Å². The molecule has 0 N–H and O–H groups in total. The summed E-state index contributed by atoms with van der Waals surface area (Å²) in [5.41, 5.74) is 13.0. The van der Waals surface area contributed by atoms with Crippen molar-refractivity contribution in [2.45, 2.75) is 19.3 Å². The maximum absolute atomic E-state index is 5.01. The molecule has 3 nitrogen and oxygen atoms in total. The molecule has 3 heteroatoms. The number of hydrogen-bond acceptors (Lipinski definition) is 3. The third-order valence-corrected chi connectivity index (χ3v) is 11.9. The summed E-state index contributed by atoms with van der Waals surface area (Å²) in [6.45, 7) is 4.70. The van der Waals surface area contributed by atoms with Gasteiger partial charge in [-0.1, -0.05) is 178 Å². The molecule has 10 aromatic rings. The number of aromatic nitrogens is 3. The summed E-state index contributed by atoms with van der Waals surface area (Å²) in [7, 11) is 0. The van der Waals surface area contributed by atoms with Crippen molar-refractivity contribution in [2.24, 2.45) is 0 Å². The molecule has 1 aliphatic rings. The highest BCUT2D eigenvalue weighted by atomic mass is 15.0. The molecule has 0 amide bonds. The molecule has 11 rings (SSSR count). The minimum Gasteiger partial charge on any atom is -0.208 e. The number of rotatable bonds is 5. The van der Waals surface area contributed by atoms with E-state index in [0.29, 0.717) is 17.5 Å². The molecule has 0 aliphatic heterocycles. The second-order valence-electron chi connectivity index (χ2n) is 15.6. The Morgan fingerprint density at radius 2 is 0.702 bits per heavy atom. The molecule has 0 spiro atoms. The van der Waals surface area contributed by atoms with Gasteiger partial charge in [0.15, 0.2) is 17.5 Å². The zero-order valence-corrected chi connectivity index (χ0v) is 31.7. The fourth-order valence-electron chi connectivity index (χ4n) is 8.98. The van der Waals surface area contributed by atoms with Gasteiger partial charge in [-0.3, -0.25) is 0 Å². The summed E-state index contributed by atoms with van der Waals surface area (Å²) in [6, 6.07) is 67.5. The van der Waals surface area contributed by atoms with Crippen molar-refractivity contribution in [3.8, 4) is 67.5 Å². The van der Waals surface area contributed by atoms with Crippen LogP contribution >= 0.6 is 0 Å². The van der Waals surface area contributed by atoms with Crippen molar-refractivity contribution in [3.63, 3.8) is 0 Å². The van der Waals surface area contributed by atoms with E-state index in [1.54, 1.807) is 0 Å². The molecule has 0 unspecified atom stereocenters. The van der Waals surface area contributed by atoms with Crippen LogP contribution in [0.5, 0.6) is 0 Å². The largest absolute Gasteiger partial charge is 0.208 e. The molecule has 0 atom stereocenters. The average molecular weight is 728 g/mol. The average Bonchev–Trinajstić information content (AvgIpc) is 3.51. The fraction of sp³-hybridized carbons (Fsp3) is 0.0556. The van der Waals surface area contributed by atoms with Gasteiger partial charge in [-0.15, -0.1) is 0 Å². The standard InChI is InChI=1S/C54H37N3/c1-54(2)49-23-12-11-22-45(49)46-29-26-39(33-50(46)54)38-25-28-44-47(32-38)42-21-10-9-20-41(42)43-27-24-37(31-48(43)44)36-18-13-19-40(30-36)53-56-51(34-14-5-3-6-15-34)55-52(57-53)35-16-7-4-8-17-35/h3-33H,1-2H3. The van der Waals surface area contributed by atoms with Crippen molar-refractivity contribution < 1.29 is 0 Å². The molecular weight excluding hydrogens is 691 g/mol. The van der Waals surface area contributed by atoms with Gasteiger partial charge in [0.25, 0.3) is 0 Å². The molecule has 9 aromatic carbocycles. The minimum absolute atomic E-state index is 0.0483. The van der Waals surface area contributed by atoms with Crippen LogP contribution in [0.3, 0.4) is 0 Å². The summed E-state index contributed by atoms with van der Waals surface area (Å²) >= 11 is 0. The summed E-state index contributed by atoms with van der Waals surface area (Å²) < 4.78 is 0. The van der Waals surface area contributed by atoms with Crippen LogP contribution < -0.4 is 0 Å². The molecule has 1 aromatic heterocycles. The monoisotopic (exact) mass is 727 g/mol. The highest BCUT2D eigenvalue weighted by molar-refractivity contribution is 6.26. The van der Waals surface area contributed by atoms with Crippen LogP contribution in [-0.2, 0) is 5.41 Å². The molecule has 1 heterocycles. The zero-order valence-electron chi connectivity index (χ0n) is 31.7. The zero-order chi connectivity index (χ0) is 38.1. The lowest BCUT2D eigenvalue weighted by atomic mass is 9.81. The van der Waals surface area contributed by atoms with Crippen molar-refractivity contribution in [1.82, 2.24) is 15.0 Å². The Hall–Kier alpha value is -7.23. The first kappa shape index (κ1) is 33.1. The van der Waals surface area contributed by atoms with Gasteiger partial charge < -0.3 is 0 Å². The van der Waals surface area contributed by atoms with Gasteiger partial charge in [0.1, 0.15) is 0 Å². The molecular formula is C54H37N3. The molecule has 0 bridgehead atoms. The Morgan fingerprint density at radius 3 is 1.35 bits per heavy atom. The Morgan fingerprint density at radius 1 is 0.281 bits per heavy atom. The molecule has 0 saturated heterocycles. The van der Waals surface area contributed by atoms with Gasteiger partial charge in [0.05, 0.1) is 0 Å². The molecule has 0 radical (unpaired) electrons. The lowest BCUT2D eigenvalue weighted by Gasteiger charge is -2.22. The van der Waals surface area contributed by atoms with Gasteiger partial charge in [-0.05, 0) is 101 Å². The van der Waals surface area contributed by atoms with E-state index in [4.69, 9.17) is 15.0 Å². The van der Waals surface area contributed by atoms with E-state index in [9.17, 15) is 0 Å². The maximum Gasteiger partial charge on any atom is 0.164 e. The number of hydrogen-bond donors (Lipinski definition) is 0. The number of benzene rings is 9. The van der Waals surface area contributed by atoms with Gasteiger partial charge in [0, 0.05) is 22.1 Å². The van der Waals surface area contributed by atoms with E-state index < -0.39 is 0 Å². The first-order chi connectivity index (χ1) is 28.0. The molecule has 0 fully saturated rings. The van der Waals surface area contributed by atoms with Crippen molar-refractivity contribution >= 4 is 32.3 Å². The second kappa shape index (κ2) is 12.9. The van der Waals surface area contributed by atoms with Crippen LogP contribution in [0.15, 0.2) is 188 Å². The van der Waals surface area contributed by atoms with Crippen LogP contribution in [0.1, 0.15) is 25.0 Å². The first-order valence-electron chi connectivity index (χ1n) is 19.6. The van der Waals surface area contributed by atoms with Gasteiger partial charge >= 0.3 is 0 Å². The summed E-state index contributed by atoms with van der Waals surface area (Å²) in [4.78, 5) is 14.9. The third-order valence-electron chi connectivity index (χ3n) is 11.9. The Bertz CT molecular complexity index is 3140. The first-order valence-corrected chi connectivity index (χ1v) is 19.6. The molecule has 57 heavy (non-hydrogen) atoms. The smallest absolute Gasteiger partial charge is 0.164 e. The number of fused-ring (bicyclic) bond motifs is 9. The maximum atomic E-state index is 5.01. The topological polar surface area (TPSA) is 38.7 Å². The highest BCUT2D eigenvalue weighted by Crippen LogP contribution is 2.50. The lowest BCUT2D eigenvalue weighted by molar-refractivity contribution is 0.660. The summed E-state index contributed by atoms with van der Waals surface area (Å²) in [5.74, 6) is 1.96. The number of nitrogens with zero attached hydrogens (tertiary/aromatic N) is 3. The molecule has 1 aliphatic carbocycles. The van der Waals surface area contributed by atoms with Crippen molar-refractivity contribution in [2.75, 3.05) is 0 Å². The van der Waals surface area contributed by atoms with Crippen LogP contribution in [0.25, 0.3) is 99.9 Å². The van der Waals surface area contributed by atoms with E-state index in [0.717, 1.165) is 27.8 Å². The van der Waals surface area contributed by atoms with Gasteiger partial charge in [0.2, 0.25) is 0 Å². The van der Waals surface area contributed by atoms with E-state index >= 15 is 0 Å². The quantitative estimate of drug-likeness (QED) is 0.166. The third kappa shape index (κ3) is 5.46. The Kier molecular flexibility index (Phi) is 7.52. The predicted octanol–water partition coefficient (Wildman–Crippen LogP) is 14.0. The molecule has 268 valence electrons. The normalized spacial score (nSPS) is 12.9. The lowest BCUT2D eigenvalue weighted by Crippen LogP contribution is -2.14. The van der Waals surface area contributed by atoms with Crippen LogP contribution in [0, 0.1) is 0 Å². The van der Waals surface area contributed by atoms with Gasteiger partial charge in [-0.2, -0.15) is 0 Å². The van der Waals surface area contributed by atoms with E-state index in [2.05, 4.69) is 141 Å². The minimum atomic E-state index is -0.0483.